The zero-order valence-electron chi connectivity index (χ0n) is 11.5. The third-order valence-electron chi connectivity index (χ3n) is 3.86. The molecule has 0 aliphatic carbocycles. The van der Waals surface area contributed by atoms with Gasteiger partial charge in [-0.2, -0.15) is 0 Å². The number of hydrogen-bond acceptors (Lipinski definition) is 2. The fourth-order valence-electron chi connectivity index (χ4n) is 3.05. The molecule has 0 radical (unpaired) electrons. The van der Waals surface area contributed by atoms with Gasteiger partial charge in [0.15, 0.2) is 0 Å². The Hall–Kier alpha value is 0.137. The molecular weight excluding hydrogens is 200 g/mol. The summed E-state index contributed by atoms with van der Waals surface area (Å²) in [4.78, 5) is 0. The molecule has 0 aliphatic heterocycles. The molecule has 15 heavy (non-hydrogen) atoms. The smallest absolute Gasteiger partial charge is 0.133 e. The molecule has 0 atom stereocenters. The number of rotatable bonds is 7. The average Bonchev–Trinajstić information content (AvgIpc) is 2.10. The summed E-state index contributed by atoms with van der Waals surface area (Å²) in [6.07, 6.45) is 2.49. The molecule has 0 aromatic rings. The van der Waals surface area contributed by atoms with Crippen molar-refractivity contribution in [3.8, 4) is 0 Å². The van der Waals surface area contributed by atoms with Gasteiger partial charge in [-0.15, -0.1) is 0 Å². The third kappa shape index (κ3) is 3.57. The normalized spacial score (nSPS) is 13.2. The monoisotopic (exact) mass is 230 g/mol. The van der Waals surface area contributed by atoms with E-state index in [2.05, 4.69) is 46.4 Å². The van der Waals surface area contributed by atoms with Crippen molar-refractivity contribution in [3.63, 3.8) is 0 Å². The number of nitrogens with zero attached hydrogens (tertiary/aromatic N) is 1. The maximum atomic E-state index is 5.59. The summed E-state index contributed by atoms with van der Waals surface area (Å²) in [7, 11) is 3.26. The Labute approximate surface area is 97.3 Å². The standard InChI is InChI=1S/C12H30N2Si/c1-11(2)15(12(3)4,14(5)6)10-8-7-9-13/h11-12H,7-10,13H2,1-6H3. The summed E-state index contributed by atoms with van der Waals surface area (Å²) in [5, 5.41) is 0. The fourth-order valence-corrected chi connectivity index (χ4v) is 8.87. The number of unbranched alkanes of at least 4 members (excludes halogenated alkanes) is 1. The summed E-state index contributed by atoms with van der Waals surface area (Å²) in [5.74, 6) is 0. The van der Waals surface area contributed by atoms with Gasteiger partial charge in [0.2, 0.25) is 0 Å². The van der Waals surface area contributed by atoms with Crippen molar-refractivity contribution in [1.82, 2.24) is 4.57 Å². The van der Waals surface area contributed by atoms with Gasteiger partial charge < -0.3 is 10.3 Å². The van der Waals surface area contributed by atoms with Crippen LogP contribution in [-0.2, 0) is 0 Å². The van der Waals surface area contributed by atoms with Gasteiger partial charge in [-0.25, -0.2) is 0 Å². The molecule has 92 valence electrons. The van der Waals surface area contributed by atoms with Gasteiger partial charge in [-0.3, -0.25) is 0 Å². The number of nitrogens with two attached hydrogens (primary N) is 1. The first kappa shape index (κ1) is 15.1. The Bertz CT molecular complexity index is 145. The van der Waals surface area contributed by atoms with Crippen LogP contribution in [0.15, 0.2) is 0 Å². The Morgan fingerprint density at radius 1 is 1.00 bits per heavy atom. The first-order chi connectivity index (χ1) is 6.89. The van der Waals surface area contributed by atoms with Crippen molar-refractivity contribution in [1.29, 1.82) is 0 Å². The zero-order chi connectivity index (χ0) is 12.1. The zero-order valence-corrected chi connectivity index (χ0v) is 12.5. The highest BCUT2D eigenvalue weighted by Crippen LogP contribution is 2.38. The highest BCUT2D eigenvalue weighted by molar-refractivity contribution is 6.79. The second-order valence-corrected chi connectivity index (χ2v) is 11.1. The minimum Gasteiger partial charge on any atom is -0.330 e. The highest BCUT2D eigenvalue weighted by Gasteiger charge is 2.41. The van der Waals surface area contributed by atoms with E-state index in [9.17, 15) is 0 Å². The molecule has 0 aliphatic rings. The van der Waals surface area contributed by atoms with Crippen molar-refractivity contribution >= 4 is 8.24 Å². The van der Waals surface area contributed by atoms with E-state index in [-0.39, 0.29) is 0 Å². The van der Waals surface area contributed by atoms with Crippen LogP contribution in [0.5, 0.6) is 0 Å². The van der Waals surface area contributed by atoms with E-state index >= 15 is 0 Å². The van der Waals surface area contributed by atoms with Crippen LogP contribution < -0.4 is 5.73 Å². The van der Waals surface area contributed by atoms with Gasteiger partial charge >= 0.3 is 0 Å². The lowest BCUT2D eigenvalue weighted by Crippen LogP contribution is -2.54. The van der Waals surface area contributed by atoms with Crippen LogP contribution >= 0.6 is 0 Å². The molecule has 0 aromatic carbocycles. The lowest BCUT2D eigenvalue weighted by Gasteiger charge is -2.45. The quantitative estimate of drug-likeness (QED) is 0.538. The maximum absolute atomic E-state index is 5.59. The van der Waals surface area contributed by atoms with Gasteiger partial charge in [0.05, 0.1) is 0 Å². The summed E-state index contributed by atoms with van der Waals surface area (Å²) < 4.78 is 2.55. The minimum absolute atomic E-state index is 0.824. The SMILES string of the molecule is CC(C)[Si](CCCCN)(C(C)C)N(C)C. The molecule has 0 spiro atoms. The summed E-state index contributed by atoms with van der Waals surface area (Å²) in [6.45, 7) is 10.4. The summed E-state index contributed by atoms with van der Waals surface area (Å²) >= 11 is 0. The molecule has 0 saturated carbocycles. The summed E-state index contributed by atoms with van der Waals surface area (Å²) in [6, 6.07) is 1.40. The van der Waals surface area contributed by atoms with Crippen LogP contribution in [-0.4, -0.2) is 33.4 Å². The highest BCUT2D eigenvalue weighted by atomic mass is 28.3. The Kier molecular flexibility index (Phi) is 6.72. The van der Waals surface area contributed by atoms with Gasteiger partial charge in [0.25, 0.3) is 0 Å². The minimum atomic E-state index is -1.29. The molecule has 0 aromatic heterocycles. The topological polar surface area (TPSA) is 29.3 Å². The largest absolute Gasteiger partial charge is 0.330 e. The Balaban J connectivity index is 4.65. The molecule has 2 nitrogen and oxygen atoms in total. The van der Waals surface area contributed by atoms with E-state index in [0.717, 1.165) is 17.6 Å². The van der Waals surface area contributed by atoms with Crippen LogP contribution in [0.4, 0.5) is 0 Å². The molecule has 0 unspecified atom stereocenters. The van der Waals surface area contributed by atoms with Gasteiger partial charge in [-0.1, -0.05) is 34.1 Å². The van der Waals surface area contributed by atoms with Crippen molar-refractivity contribution in [2.45, 2.75) is 57.7 Å². The van der Waals surface area contributed by atoms with Gasteiger partial charge in [-0.05, 0) is 44.2 Å². The molecular formula is C12H30N2Si. The molecule has 3 heteroatoms. The van der Waals surface area contributed by atoms with Crippen LogP contribution in [0.1, 0.15) is 40.5 Å². The lowest BCUT2D eigenvalue weighted by molar-refractivity contribution is 0.553. The van der Waals surface area contributed by atoms with E-state index in [4.69, 9.17) is 5.73 Å². The fraction of sp³-hybridized carbons (Fsp3) is 1.00. The van der Waals surface area contributed by atoms with Crippen molar-refractivity contribution < 1.29 is 0 Å². The molecule has 0 saturated heterocycles. The van der Waals surface area contributed by atoms with Crippen molar-refractivity contribution in [2.24, 2.45) is 5.73 Å². The molecule has 0 amide bonds. The van der Waals surface area contributed by atoms with E-state index in [0.29, 0.717) is 0 Å². The maximum Gasteiger partial charge on any atom is 0.133 e. The van der Waals surface area contributed by atoms with Crippen molar-refractivity contribution in [2.75, 3.05) is 20.6 Å². The van der Waals surface area contributed by atoms with Gasteiger partial charge in [0.1, 0.15) is 8.24 Å². The van der Waals surface area contributed by atoms with E-state index in [1.807, 2.05) is 0 Å². The molecule has 0 rings (SSSR count). The predicted octanol–water partition coefficient (Wildman–Crippen LogP) is 3.05. The second-order valence-electron chi connectivity index (χ2n) is 5.44. The molecule has 0 fully saturated rings. The van der Waals surface area contributed by atoms with Crippen LogP contribution in [0, 0.1) is 0 Å². The van der Waals surface area contributed by atoms with E-state index < -0.39 is 8.24 Å². The second kappa shape index (κ2) is 6.66. The number of hydrogen-bond donors (Lipinski definition) is 1. The Morgan fingerprint density at radius 2 is 1.47 bits per heavy atom. The van der Waals surface area contributed by atoms with Crippen LogP contribution in [0.3, 0.4) is 0 Å². The average molecular weight is 230 g/mol. The first-order valence-corrected chi connectivity index (χ1v) is 8.58. The predicted molar refractivity (Wildman–Crippen MR) is 72.7 cm³/mol. The first-order valence-electron chi connectivity index (χ1n) is 6.27. The van der Waals surface area contributed by atoms with Crippen LogP contribution in [0.25, 0.3) is 0 Å². The van der Waals surface area contributed by atoms with Crippen LogP contribution in [0.2, 0.25) is 17.1 Å². The Morgan fingerprint density at radius 3 is 1.73 bits per heavy atom. The molecule has 0 heterocycles. The molecule has 0 bridgehead atoms. The lowest BCUT2D eigenvalue weighted by atomic mass is 10.3. The van der Waals surface area contributed by atoms with Gasteiger partial charge in [0, 0.05) is 0 Å². The molecule has 2 N–H and O–H groups in total. The third-order valence-corrected chi connectivity index (χ3v) is 10.7. The van der Waals surface area contributed by atoms with E-state index in [1.54, 1.807) is 0 Å². The van der Waals surface area contributed by atoms with Crippen molar-refractivity contribution in [3.05, 3.63) is 0 Å². The summed E-state index contributed by atoms with van der Waals surface area (Å²) in [5.41, 5.74) is 7.24. The van der Waals surface area contributed by atoms with E-state index in [1.165, 1.54) is 18.9 Å².